The fourth-order valence-electron chi connectivity index (χ4n) is 5.73. The van der Waals surface area contributed by atoms with E-state index >= 15 is 0 Å². The third-order valence-corrected chi connectivity index (χ3v) is 9.50. The molecule has 0 aromatic heterocycles. The molecular weight excluding hydrogens is 1170 g/mol. The van der Waals surface area contributed by atoms with Gasteiger partial charge in [-0.1, -0.05) is 0 Å². The van der Waals surface area contributed by atoms with E-state index in [0.717, 1.165) is 12.1 Å². The number of aliphatic hydroxyl groups excluding tert-OH is 3. The van der Waals surface area contributed by atoms with E-state index in [0.29, 0.717) is 47.3 Å². The molecule has 5 aromatic carbocycles. The lowest BCUT2D eigenvalue weighted by atomic mass is 10.2. The molecule has 5 aromatic rings. The number of carbonyl (C=O) groups is 4. The molecule has 36 heteroatoms. The summed E-state index contributed by atoms with van der Waals surface area (Å²) in [6.45, 7) is 0.683. The van der Waals surface area contributed by atoms with Crippen molar-refractivity contribution >= 4 is 105 Å². The third kappa shape index (κ3) is 31.6. The smallest absolute Gasteiger partial charge is 0.305 e. The second-order valence-corrected chi connectivity index (χ2v) is 15.7. The van der Waals surface area contributed by atoms with Gasteiger partial charge in [0, 0.05) is 75.0 Å². The van der Waals surface area contributed by atoms with Gasteiger partial charge in [0.15, 0.2) is 0 Å². The molecular formula is C48H64Cl2N12O22. The van der Waals surface area contributed by atoms with Crippen LogP contribution in [0.2, 0.25) is 0 Å². The van der Waals surface area contributed by atoms with Crippen LogP contribution in [0.15, 0.2) is 91.0 Å². The highest BCUT2D eigenvalue weighted by molar-refractivity contribution is 5.85. The Morgan fingerprint density at radius 1 is 0.440 bits per heavy atom. The van der Waals surface area contributed by atoms with Gasteiger partial charge in [0.05, 0.1) is 105 Å². The normalized spacial score (nSPS) is 9.61. The van der Waals surface area contributed by atoms with E-state index < -0.39 is 43.4 Å². The standard InChI is InChI=1S/C11H15N3O5.C11H14N2O6.C11H16N2O4.C9H11N3O4.C6H6N2O3.2ClH/c12-11(16)3-4-13-9-2-1-8(14(17)18)7-10(9)19-6-5-15;14-5-6-19-10-7-8(13(17)18)1-2-9(10)12-4-3-11(15)16;12-8-1-2-9(13-4-3-11(15)16)10(7-8)17-6-5-14;10-9(14)3-4-11-7-2-1-6(12(15)16)5-8(7)13;7-5-2-1-4(8(10)11)3-6(5)9;;/h1-2,7,13,15H,3-6H2,(H2,12,16);1-2,7,12,14H,3-6H2,(H,15,16);1-2,7,13-14H,3-6,12H2,(H,15,16);1-2,5,11,13H,3-4H2,(H2,10,14);1-3,9H,7H2;2*1H. The van der Waals surface area contributed by atoms with Crippen molar-refractivity contribution in [2.75, 3.05) is 98.6 Å². The van der Waals surface area contributed by atoms with E-state index in [4.69, 9.17) is 67.8 Å². The highest BCUT2D eigenvalue weighted by Crippen LogP contribution is 2.32. The Morgan fingerprint density at radius 3 is 1.06 bits per heavy atom. The van der Waals surface area contributed by atoms with Crippen LogP contribution in [0, 0.1) is 40.5 Å². The molecule has 0 bridgehead atoms. The van der Waals surface area contributed by atoms with Gasteiger partial charge in [0.25, 0.3) is 22.7 Å². The number of carbonyl (C=O) groups excluding carboxylic acids is 2. The number of halogens is 2. The van der Waals surface area contributed by atoms with Gasteiger partial charge >= 0.3 is 11.9 Å². The Bertz CT molecular complexity index is 2850. The number of aliphatic carboxylic acids is 2. The van der Waals surface area contributed by atoms with Gasteiger partial charge in [0.2, 0.25) is 11.8 Å². The summed E-state index contributed by atoms with van der Waals surface area (Å²) in [4.78, 5) is 81.3. The lowest BCUT2D eigenvalue weighted by molar-refractivity contribution is -0.385. The summed E-state index contributed by atoms with van der Waals surface area (Å²) < 4.78 is 15.7. The second-order valence-electron chi connectivity index (χ2n) is 15.7. The molecule has 0 aliphatic rings. The topological polar surface area (TPSA) is 562 Å². The van der Waals surface area contributed by atoms with Crippen LogP contribution in [0.5, 0.6) is 28.7 Å². The maximum atomic E-state index is 10.7. The molecule has 462 valence electrons. The van der Waals surface area contributed by atoms with E-state index in [1.54, 1.807) is 18.2 Å². The largest absolute Gasteiger partial charge is 0.506 e. The van der Waals surface area contributed by atoms with Crippen LogP contribution < -0.4 is 58.4 Å². The minimum atomic E-state index is -0.952. The molecule has 5 rings (SSSR count). The number of aromatic hydroxyl groups is 2. The van der Waals surface area contributed by atoms with Crippen LogP contribution in [0.4, 0.5) is 56.9 Å². The van der Waals surface area contributed by atoms with Crippen molar-refractivity contribution in [2.45, 2.75) is 25.7 Å². The number of phenolic OH excluding ortho intramolecular Hbond substituents is 2. The summed E-state index contributed by atoms with van der Waals surface area (Å²) in [6.07, 6.45) is 0.188. The first-order valence-electron chi connectivity index (χ1n) is 23.7. The van der Waals surface area contributed by atoms with Gasteiger partial charge in [-0.2, -0.15) is 0 Å². The van der Waals surface area contributed by atoms with Crippen molar-refractivity contribution in [3.8, 4) is 28.7 Å². The van der Waals surface area contributed by atoms with Crippen molar-refractivity contribution in [1.82, 2.24) is 0 Å². The lowest BCUT2D eigenvalue weighted by Gasteiger charge is -2.12. The van der Waals surface area contributed by atoms with Gasteiger partial charge in [0.1, 0.15) is 48.6 Å². The van der Waals surface area contributed by atoms with Crippen molar-refractivity contribution in [3.63, 3.8) is 0 Å². The Balaban J connectivity index is 0. The van der Waals surface area contributed by atoms with Crippen molar-refractivity contribution < 1.29 is 88.8 Å². The number of aliphatic hydroxyl groups is 3. The summed E-state index contributed by atoms with van der Waals surface area (Å²) in [7, 11) is 0. The molecule has 19 N–H and O–H groups in total. The molecule has 34 nitrogen and oxygen atoms in total. The predicted octanol–water partition coefficient (Wildman–Crippen LogP) is 3.95. The quantitative estimate of drug-likeness (QED) is 0.0139. The minimum absolute atomic E-state index is 0. The highest BCUT2D eigenvalue weighted by atomic mass is 35.5. The number of nitrogen functional groups attached to an aromatic ring is 2. The lowest BCUT2D eigenvalue weighted by Crippen LogP contribution is -2.16. The Hall–Kier alpha value is -10.2. The number of anilines is 6. The van der Waals surface area contributed by atoms with Crippen LogP contribution in [0.3, 0.4) is 0 Å². The fourth-order valence-corrected chi connectivity index (χ4v) is 5.73. The number of hydrogen-bond donors (Lipinski definition) is 15. The Labute approximate surface area is 488 Å². The van der Waals surface area contributed by atoms with Gasteiger partial charge in [-0.3, -0.25) is 59.6 Å². The van der Waals surface area contributed by atoms with Gasteiger partial charge in [-0.25, -0.2) is 0 Å². The first kappa shape index (κ1) is 75.9. The minimum Gasteiger partial charge on any atom is -0.506 e. The summed E-state index contributed by atoms with van der Waals surface area (Å²) in [5, 5.41) is 115. The molecule has 0 saturated heterocycles. The number of primary amides is 2. The van der Waals surface area contributed by atoms with Gasteiger partial charge in [-0.15, -0.1) is 24.8 Å². The number of nitrogens with two attached hydrogens (primary N) is 4. The zero-order valence-corrected chi connectivity index (χ0v) is 45.9. The number of amides is 2. The number of hydrogen-bond acceptors (Lipinski definition) is 26. The van der Waals surface area contributed by atoms with Crippen LogP contribution in [0.25, 0.3) is 0 Å². The number of rotatable bonds is 29. The first-order chi connectivity index (χ1) is 38.8. The maximum Gasteiger partial charge on any atom is 0.305 e. The number of phenols is 2. The van der Waals surface area contributed by atoms with Crippen molar-refractivity contribution in [1.29, 1.82) is 0 Å². The fraction of sp³-hybridized carbons (Fsp3) is 0.292. The summed E-state index contributed by atoms with van der Waals surface area (Å²) in [5.74, 6) is -2.29. The van der Waals surface area contributed by atoms with Crippen LogP contribution in [0.1, 0.15) is 25.7 Å². The van der Waals surface area contributed by atoms with Gasteiger partial charge < -0.3 is 94.2 Å². The number of nitrogens with one attached hydrogen (secondary N) is 4. The zero-order valence-electron chi connectivity index (χ0n) is 44.2. The number of carboxylic acid groups (broad SMARTS) is 2. The summed E-state index contributed by atoms with van der Waals surface area (Å²) >= 11 is 0. The molecule has 0 heterocycles. The number of nitrogens with zero attached hydrogens (tertiary/aromatic N) is 4. The Kier molecular flexibility index (Phi) is 37.8. The molecule has 0 spiro atoms. The number of nitro groups is 4. The van der Waals surface area contributed by atoms with E-state index in [2.05, 4.69) is 21.3 Å². The molecule has 0 unspecified atom stereocenters. The summed E-state index contributed by atoms with van der Waals surface area (Å²) in [6, 6.07) is 20.2. The molecule has 2 amide bonds. The molecule has 0 saturated carbocycles. The average Bonchev–Trinajstić information content (AvgIpc) is 3.58. The predicted molar refractivity (Wildman–Crippen MR) is 309 cm³/mol. The monoisotopic (exact) mass is 1230 g/mol. The van der Waals surface area contributed by atoms with Crippen LogP contribution in [-0.2, 0) is 19.2 Å². The average molecular weight is 1230 g/mol. The number of non-ortho nitro benzene ring substituents is 4. The van der Waals surface area contributed by atoms with E-state index in [1.165, 1.54) is 60.7 Å². The molecule has 0 radical (unpaired) electrons. The van der Waals surface area contributed by atoms with E-state index in [9.17, 15) is 64.7 Å². The van der Waals surface area contributed by atoms with Crippen molar-refractivity contribution in [2.24, 2.45) is 11.5 Å². The highest BCUT2D eigenvalue weighted by Gasteiger charge is 2.15. The molecule has 84 heavy (non-hydrogen) atoms. The molecule has 0 aliphatic heterocycles. The SMILES string of the molecule is Cl.Cl.NC(=O)CCNc1ccc([N+](=O)[O-])cc1O.NC(=O)CCNc1ccc([N+](=O)[O-])cc1OCCO.Nc1ccc(NCCC(=O)O)c(OCCO)c1.Nc1ccc([N+](=O)[O-])cc1O.O=C(O)CCNc1ccc([N+](=O)[O-])cc1OCCO. The zero-order chi connectivity index (χ0) is 61.7. The van der Waals surface area contributed by atoms with Gasteiger partial charge in [-0.05, 0) is 36.4 Å². The van der Waals surface area contributed by atoms with E-state index in [1.807, 2.05) is 0 Å². The second kappa shape index (κ2) is 41.8. The Morgan fingerprint density at radius 2 is 0.738 bits per heavy atom. The maximum absolute atomic E-state index is 10.7. The first-order valence-corrected chi connectivity index (χ1v) is 23.7. The molecule has 0 aliphatic carbocycles. The third-order valence-electron chi connectivity index (χ3n) is 9.50. The van der Waals surface area contributed by atoms with Crippen LogP contribution >= 0.6 is 24.8 Å². The number of ether oxygens (including phenoxy) is 3. The summed E-state index contributed by atoms with van der Waals surface area (Å²) in [5.41, 5.74) is 22.7. The number of carboxylic acids is 2. The van der Waals surface area contributed by atoms with E-state index in [-0.39, 0.29) is 155 Å². The number of benzene rings is 5. The molecule has 0 fully saturated rings. The molecule has 0 atom stereocenters. The number of nitro benzene ring substituents is 4. The van der Waals surface area contributed by atoms with Crippen molar-refractivity contribution in [3.05, 3.63) is 131 Å². The van der Waals surface area contributed by atoms with Crippen LogP contribution in [-0.4, -0.2) is 145 Å².